The van der Waals surface area contributed by atoms with E-state index >= 15 is 0 Å². The van der Waals surface area contributed by atoms with E-state index in [1.54, 1.807) is 0 Å². The van der Waals surface area contributed by atoms with Crippen molar-refractivity contribution in [2.75, 3.05) is 12.3 Å². The van der Waals surface area contributed by atoms with Crippen molar-refractivity contribution in [3.05, 3.63) is 29.8 Å². The van der Waals surface area contributed by atoms with E-state index in [1.165, 1.54) is 12.8 Å². The van der Waals surface area contributed by atoms with Gasteiger partial charge in [-0.2, -0.15) is 0 Å². The number of anilines is 1. The Hall–Kier alpha value is -1.51. The first kappa shape index (κ1) is 11.0. The molecule has 2 rings (SSSR count). The Morgan fingerprint density at radius 1 is 1.44 bits per heavy atom. The lowest BCUT2D eigenvalue weighted by atomic mass is 10.1. The van der Waals surface area contributed by atoms with E-state index < -0.39 is 0 Å². The summed E-state index contributed by atoms with van der Waals surface area (Å²) >= 11 is 0. The Morgan fingerprint density at radius 2 is 2.12 bits per heavy atom. The van der Waals surface area contributed by atoms with Crippen LogP contribution in [-0.2, 0) is 11.2 Å². The fourth-order valence-corrected chi connectivity index (χ4v) is 1.63. The summed E-state index contributed by atoms with van der Waals surface area (Å²) in [6, 6.07) is 7.50. The lowest BCUT2D eigenvalue weighted by Gasteiger charge is -2.10. The van der Waals surface area contributed by atoms with Crippen molar-refractivity contribution in [2.45, 2.75) is 26.2 Å². The molecule has 0 atom stereocenters. The molecule has 1 amide bonds. The number of benzene rings is 1. The van der Waals surface area contributed by atoms with E-state index in [-0.39, 0.29) is 5.91 Å². The second-order valence-corrected chi connectivity index (χ2v) is 4.96. The molecule has 0 radical (unpaired) electrons. The number of nitrogen functional groups attached to an aromatic ring is 1. The van der Waals surface area contributed by atoms with Gasteiger partial charge in [0.2, 0.25) is 5.91 Å². The first-order valence-electron chi connectivity index (χ1n) is 5.69. The molecule has 1 aliphatic rings. The van der Waals surface area contributed by atoms with Crippen LogP contribution in [0.5, 0.6) is 0 Å². The summed E-state index contributed by atoms with van der Waals surface area (Å²) in [6.45, 7) is 2.99. The Kier molecular flexibility index (Phi) is 2.86. The minimum atomic E-state index is 0.0611. The second-order valence-electron chi connectivity index (χ2n) is 4.96. The molecule has 1 saturated carbocycles. The summed E-state index contributed by atoms with van der Waals surface area (Å²) < 4.78 is 0. The zero-order chi connectivity index (χ0) is 11.6. The Morgan fingerprint density at radius 3 is 2.75 bits per heavy atom. The Bertz CT molecular complexity index is 397. The first-order chi connectivity index (χ1) is 7.59. The zero-order valence-electron chi connectivity index (χ0n) is 9.62. The van der Waals surface area contributed by atoms with E-state index in [4.69, 9.17) is 5.73 Å². The minimum absolute atomic E-state index is 0.0611. The summed E-state index contributed by atoms with van der Waals surface area (Å²) in [5.74, 6) is 0.0611. The van der Waals surface area contributed by atoms with E-state index in [2.05, 4.69) is 12.2 Å². The van der Waals surface area contributed by atoms with Gasteiger partial charge in [-0.3, -0.25) is 4.79 Å². The lowest BCUT2D eigenvalue weighted by Crippen LogP contribution is -2.30. The number of nitrogens with two attached hydrogens (primary N) is 1. The van der Waals surface area contributed by atoms with E-state index in [0.29, 0.717) is 17.5 Å². The third-order valence-corrected chi connectivity index (χ3v) is 3.22. The highest BCUT2D eigenvalue weighted by Crippen LogP contribution is 2.43. The highest BCUT2D eigenvalue weighted by atomic mass is 16.1. The van der Waals surface area contributed by atoms with Gasteiger partial charge in [-0.05, 0) is 29.9 Å². The van der Waals surface area contributed by atoms with Gasteiger partial charge in [0.25, 0.3) is 0 Å². The summed E-state index contributed by atoms with van der Waals surface area (Å²) in [7, 11) is 0. The smallest absolute Gasteiger partial charge is 0.224 e. The van der Waals surface area contributed by atoms with Crippen molar-refractivity contribution < 1.29 is 4.79 Å². The summed E-state index contributed by atoms with van der Waals surface area (Å²) in [6.07, 6.45) is 2.82. The molecule has 0 aliphatic heterocycles. The molecule has 1 aromatic carbocycles. The number of carbonyl (C=O) groups is 1. The monoisotopic (exact) mass is 218 g/mol. The summed E-state index contributed by atoms with van der Waals surface area (Å²) in [5.41, 5.74) is 7.74. The number of nitrogens with one attached hydrogen (secondary N) is 1. The van der Waals surface area contributed by atoms with Crippen LogP contribution in [0.4, 0.5) is 5.69 Å². The molecule has 1 fully saturated rings. The SMILES string of the molecule is CC1(CNC(=O)Cc2ccccc2N)CC1. The van der Waals surface area contributed by atoms with Gasteiger partial charge in [-0.25, -0.2) is 0 Å². The molecule has 1 aliphatic carbocycles. The number of hydrogen-bond donors (Lipinski definition) is 2. The van der Waals surface area contributed by atoms with Crippen molar-refractivity contribution in [1.29, 1.82) is 0 Å². The van der Waals surface area contributed by atoms with Gasteiger partial charge >= 0.3 is 0 Å². The maximum absolute atomic E-state index is 11.7. The highest BCUT2D eigenvalue weighted by molar-refractivity contribution is 5.80. The van der Waals surface area contributed by atoms with Gasteiger partial charge < -0.3 is 11.1 Å². The van der Waals surface area contributed by atoms with Crippen LogP contribution >= 0.6 is 0 Å². The van der Waals surface area contributed by atoms with Crippen LogP contribution in [0.25, 0.3) is 0 Å². The average molecular weight is 218 g/mol. The van der Waals surface area contributed by atoms with Gasteiger partial charge in [-0.1, -0.05) is 25.1 Å². The molecule has 3 nitrogen and oxygen atoms in total. The normalized spacial score (nSPS) is 16.8. The van der Waals surface area contributed by atoms with Crippen molar-refractivity contribution in [3.8, 4) is 0 Å². The molecule has 0 saturated heterocycles. The first-order valence-corrected chi connectivity index (χ1v) is 5.69. The molecule has 0 spiro atoms. The van der Waals surface area contributed by atoms with Crippen LogP contribution in [-0.4, -0.2) is 12.5 Å². The number of rotatable bonds is 4. The molecule has 0 aromatic heterocycles. The van der Waals surface area contributed by atoms with Crippen LogP contribution < -0.4 is 11.1 Å². The molecule has 3 N–H and O–H groups in total. The maximum atomic E-state index is 11.7. The van der Waals surface area contributed by atoms with Crippen LogP contribution in [0.1, 0.15) is 25.3 Å². The molecule has 3 heteroatoms. The lowest BCUT2D eigenvalue weighted by molar-refractivity contribution is -0.120. The quantitative estimate of drug-likeness (QED) is 0.756. The van der Waals surface area contributed by atoms with Gasteiger partial charge in [0, 0.05) is 12.2 Å². The predicted molar refractivity (Wildman–Crippen MR) is 64.9 cm³/mol. The Balaban J connectivity index is 1.85. The van der Waals surface area contributed by atoms with E-state index in [9.17, 15) is 4.79 Å². The van der Waals surface area contributed by atoms with Crippen molar-refractivity contribution in [2.24, 2.45) is 5.41 Å². The van der Waals surface area contributed by atoms with E-state index in [0.717, 1.165) is 12.1 Å². The molecule has 0 heterocycles. The fraction of sp³-hybridized carbons (Fsp3) is 0.462. The van der Waals surface area contributed by atoms with Crippen molar-refractivity contribution in [1.82, 2.24) is 5.32 Å². The van der Waals surface area contributed by atoms with Crippen LogP contribution in [0.15, 0.2) is 24.3 Å². The molecule has 0 unspecified atom stereocenters. The fourth-order valence-electron chi connectivity index (χ4n) is 1.63. The van der Waals surface area contributed by atoms with Gasteiger partial charge in [0.1, 0.15) is 0 Å². The molecule has 16 heavy (non-hydrogen) atoms. The van der Waals surface area contributed by atoms with Crippen molar-refractivity contribution in [3.63, 3.8) is 0 Å². The van der Waals surface area contributed by atoms with Crippen LogP contribution in [0.3, 0.4) is 0 Å². The number of hydrogen-bond acceptors (Lipinski definition) is 2. The number of amides is 1. The molecule has 0 bridgehead atoms. The third-order valence-electron chi connectivity index (χ3n) is 3.22. The maximum Gasteiger partial charge on any atom is 0.224 e. The standard InChI is InChI=1S/C13H18N2O/c1-13(6-7-13)9-15-12(16)8-10-4-2-3-5-11(10)14/h2-5H,6-9,14H2,1H3,(H,15,16). The van der Waals surface area contributed by atoms with Crippen LogP contribution in [0.2, 0.25) is 0 Å². The largest absolute Gasteiger partial charge is 0.398 e. The third kappa shape index (κ3) is 2.75. The summed E-state index contributed by atoms with van der Waals surface area (Å²) in [5, 5.41) is 2.97. The molecular formula is C13H18N2O. The van der Waals surface area contributed by atoms with Gasteiger partial charge in [0.15, 0.2) is 0 Å². The predicted octanol–water partition coefficient (Wildman–Crippen LogP) is 1.73. The number of para-hydroxylation sites is 1. The summed E-state index contributed by atoms with van der Waals surface area (Å²) in [4.78, 5) is 11.7. The van der Waals surface area contributed by atoms with Gasteiger partial charge in [-0.15, -0.1) is 0 Å². The zero-order valence-corrected chi connectivity index (χ0v) is 9.62. The minimum Gasteiger partial charge on any atom is -0.398 e. The van der Waals surface area contributed by atoms with Crippen LogP contribution in [0, 0.1) is 5.41 Å². The number of carbonyl (C=O) groups excluding carboxylic acids is 1. The highest BCUT2D eigenvalue weighted by Gasteiger charge is 2.37. The topological polar surface area (TPSA) is 55.1 Å². The second kappa shape index (κ2) is 4.16. The Labute approximate surface area is 96.0 Å². The molecular weight excluding hydrogens is 200 g/mol. The van der Waals surface area contributed by atoms with E-state index in [1.807, 2.05) is 24.3 Å². The molecule has 86 valence electrons. The molecule has 1 aromatic rings. The average Bonchev–Trinajstić information content (AvgIpc) is 2.98. The van der Waals surface area contributed by atoms with Gasteiger partial charge in [0.05, 0.1) is 6.42 Å². The van der Waals surface area contributed by atoms with Crippen molar-refractivity contribution >= 4 is 11.6 Å².